The fraction of sp³-hybridized carbons (Fsp3) is 0.667. The van der Waals surface area contributed by atoms with E-state index in [4.69, 9.17) is 0 Å². The van der Waals surface area contributed by atoms with E-state index in [1.807, 2.05) is 0 Å². The molecule has 2 bridgehead atoms. The van der Waals surface area contributed by atoms with Crippen LogP contribution in [0.2, 0.25) is 0 Å². The molecule has 2 aliphatic carbocycles. The fourth-order valence-electron chi connectivity index (χ4n) is 2.22. The number of carbonyl (C=O) groups is 1. The minimum atomic E-state index is -3.64. The molecule has 0 radical (unpaired) electrons. The average molecular weight is 206 g/mol. The van der Waals surface area contributed by atoms with Crippen molar-refractivity contribution in [1.82, 2.24) is 0 Å². The highest BCUT2D eigenvalue weighted by Crippen LogP contribution is 2.58. The van der Waals surface area contributed by atoms with Gasteiger partial charge in [0.2, 0.25) is 0 Å². The molecule has 0 N–H and O–H groups in total. The van der Waals surface area contributed by atoms with Crippen molar-refractivity contribution in [3.63, 3.8) is 0 Å². The highest BCUT2D eigenvalue weighted by Gasteiger charge is 2.74. The quantitative estimate of drug-likeness (QED) is 0.482. The molecule has 3 atom stereocenters. The van der Waals surface area contributed by atoms with Gasteiger partial charge >= 0.3 is 5.97 Å². The Morgan fingerprint density at radius 2 is 1.93 bits per heavy atom. The van der Waals surface area contributed by atoms with Gasteiger partial charge in [-0.25, -0.2) is 18.0 Å². The number of halogens is 3. The first-order valence-electron chi connectivity index (χ1n) is 4.28. The van der Waals surface area contributed by atoms with Crippen LogP contribution in [0.25, 0.3) is 0 Å². The number of ether oxygens (including phenoxy) is 1. The lowest BCUT2D eigenvalue weighted by atomic mass is 9.87. The Hall–Kier alpha value is -1.00. The van der Waals surface area contributed by atoms with Crippen molar-refractivity contribution in [2.75, 3.05) is 7.11 Å². The summed E-state index contributed by atoms with van der Waals surface area (Å²) in [5, 5.41) is 0. The highest BCUT2D eigenvalue weighted by molar-refractivity contribution is 5.83. The molecular formula is C9H9F3O2. The molecule has 2 nitrogen and oxygen atoms in total. The number of alkyl halides is 3. The van der Waals surface area contributed by atoms with Gasteiger partial charge in [0.25, 0.3) is 11.6 Å². The predicted molar refractivity (Wildman–Crippen MR) is 41.5 cm³/mol. The summed E-state index contributed by atoms with van der Waals surface area (Å²) >= 11 is 0. The number of hydrogen-bond acceptors (Lipinski definition) is 2. The van der Waals surface area contributed by atoms with Crippen molar-refractivity contribution < 1.29 is 22.7 Å². The van der Waals surface area contributed by atoms with Gasteiger partial charge in [-0.1, -0.05) is 12.2 Å². The molecule has 0 aromatic heterocycles. The Morgan fingerprint density at radius 3 is 2.36 bits per heavy atom. The molecule has 2 aliphatic rings. The molecule has 1 saturated carbocycles. The van der Waals surface area contributed by atoms with Crippen LogP contribution >= 0.6 is 0 Å². The van der Waals surface area contributed by atoms with Gasteiger partial charge in [-0.05, 0) is 6.42 Å². The van der Waals surface area contributed by atoms with Crippen LogP contribution in [0, 0.1) is 11.8 Å². The summed E-state index contributed by atoms with van der Waals surface area (Å²) in [6.07, 6.45) is 2.59. The van der Waals surface area contributed by atoms with Crippen LogP contribution in [0.1, 0.15) is 6.42 Å². The summed E-state index contributed by atoms with van der Waals surface area (Å²) in [4.78, 5) is 11.0. The summed E-state index contributed by atoms with van der Waals surface area (Å²) in [7, 11) is 0.912. The van der Waals surface area contributed by atoms with Crippen molar-refractivity contribution >= 4 is 5.97 Å². The third-order valence-electron chi connectivity index (χ3n) is 3.03. The van der Waals surface area contributed by atoms with Crippen molar-refractivity contribution in [3.8, 4) is 0 Å². The van der Waals surface area contributed by atoms with E-state index in [0.717, 1.165) is 7.11 Å². The Labute approximate surface area is 78.7 Å². The van der Waals surface area contributed by atoms with Gasteiger partial charge in [0.15, 0.2) is 0 Å². The van der Waals surface area contributed by atoms with Crippen LogP contribution < -0.4 is 0 Å². The van der Waals surface area contributed by atoms with E-state index in [1.54, 1.807) is 0 Å². The predicted octanol–water partition coefficient (Wildman–Crippen LogP) is 1.71. The summed E-state index contributed by atoms with van der Waals surface area (Å²) in [6, 6.07) is 0. The third kappa shape index (κ3) is 0.804. The lowest BCUT2D eigenvalue weighted by Gasteiger charge is -2.31. The van der Waals surface area contributed by atoms with Crippen LogP contribution in [0.15, 0.2) is 12.2 Å². The fourth-order valence-corrected chi connectivity index (χ4v) is 2.22. The summed E-state index contributed by atoms with van der Waals surface area (Å²) in [5.74, 6) is -7.33. The van der Waals surface area contributed by atoms with E-state index in [9.17, 15) is 18.0 Å². The normalized spacial score (nSPS) is 42.9. The lowest BCUT2D eigenvalue weighted by Crippen LogP contribution is -2.54. The van der Waals surface area contributed by atoms with Crippen LogP contribution in [0.4, 0.5) is 13.2 Å². The summed E-state index contributed by atoms with van der Waals surface area (Å²) in [6.45, 7) is 0. The van der Waals surface area contributed by atoms with E-state index < -0.39 is 29.4 Å². The molecule has 3 unspecified atom stereocenters. The molecule has 0 aromatic rings. The number of allylic oxidation sites excluding steroid dienone is 2. The second-order valence-corrected chi connectivity index (χ2v) is 3.66. The average Bonchev–Trinajstić information content (AvgIpc) is 2.68. The second-order valence-electron chi connectivity index (χ2n) is 3.66. The van der Waals surface area contributed by atoms with Crippen molar-refractivity contribution in [1.29, 1.82) is 0 Å². The number of fused-ring (bicyclic) bond motifs is 2. The van der Waals surface area contributed by atoms with Crippen LogP contribution in [0.3, 0.4) is 0 Å². The first-order valence-corrected chi connectivity index (χ1v) is 4.28. The van der Waals surface area contributed by atoms with Crippen molar-refractivity contribution in [2.24, 2.45) is 11.8 Å². The van der Waals surface area contributed by atoms with E-state index in [1.165, 1.54) is 12.2 Å². The number of esters is 1. The Balaban J connectivity index is 2.45. The molecule has 1 fully saturated rings. The summed E-state index contributed by atoms with van der Waals surface area (Å²) < 4.78 is 44.8. The van der Waals surface area contributed by atoms with E-state index in [-0.39, 0.29) is 6.42 Å². The zero-order chi connectivity index (χ0) is 10.6. The van der Waals surface area contributed by atoms with Gasteiger partial charge in [0.1, 0.15) is 0 Å². The van der Waals surface area contributed by atoms with Gasteiger partial charge in [-0.3, -0.25) is 0 Å². The zero-order valence-electron chi connectivity index (χ0n) is 7.47. The topological polar surface area (TPSA) is 26.3 Å². The minimum absolute atomic E-state index is 0.0153. The largest absolute Gasteiger partial charge is 0.466 e. The van der Waals surface area contributed by atoms with Crippen molar-refractivity contribution in [2.45, 2.75) is 18.0 Å². The SMILES string of the molecule is COC(=O)C1(F)C2C=CC(C2)C1(F)F. The zero-order valence-corrected chi connectivity index (χ0v) is 7.47. The van der Waals surface area contributed by atoms with Crippen LogP contribution in [0.5, 0.6) is 0 Å². The summed E-state index contributed by atoms with van der Waals surface area (Å²) in [5.41, 5.74) is -3.17. The van der Waals surface area contributed by atoms with Crippen LogP contribution in [-0.2, 0) is 9.53 Å². The Kier molecular flexibility index (Phi) is 1.72. The molecule has 0 aliphatic heterocycles. The maximum atomic E-state index is 13.9. The third-order valence-corrected chi connectivity index (χ3v) is 3.03. The lowest BCUT2D eigenvalue weighted by molar-refractivity contribution is -0.190. The standard InChI is InChI=1S/C9H9F3O2/c1-14-7(13)8(10)5-2-3-6(4-5)9(8,11)12/h2-3,5-6H,4H2,1H3. The molecule has 0 amide bonds. The van der Waals surface area contributed by atoms with Gasteiger partial charge in [-0.15, -0.1) is 0 Å². The molecule has 78 valence electrons. The molecular weight excluding hydrogens is 197 g/mol. The Bertz CT molecular complexity index is 313. The number of carbonyl (C=O) groups excluding carboxylic acids is 1. The monoisotopic (exact) mass is 206 g/mol. The molecule has 14 heavy (non-hydrogen) atoms. The van der Waals surface area contributed by atoms with Crippen molar-refractivity contribution in [3.05, 3.63) is 12.2 Å². The number of rotatable bonds is 1. The first-order chi connectivity index (χ1) is 6.44. The number of methoxy groups -OCH3 is 1. The van der Waals surface area contributed by atoms with E-state index in [0.29, 0.717) is 0 Å². The Morgan fingerprint density at radius 1 is 1.36 bits per heavy atom. The number of hydrogen-bond donors (Lipinski definition) is 0. The van der Waals surface area contributed by atoms with E-state index in [2.05, 4.69) is 4.74 Å². The van der Waals surface area contributed by atoms with E-state index >= 15 is 0 Å². The maximum Gasteiger partial charge on any atom is 0.350 e. The van der Waals surface area contributed by atoms with Gasteiger partial charge < -0.3 is 4.74 Å². The van der Waals surface area contributed by atoms with Gasteiger partial charge in [0, 0.05) is 11.8 Å². The molecule has 0 aromatic carbocycles. The molecule has 0 spiro atoms. The first kappa shape index (κ1) is 9.55. The van der Waals surface area contributed by atoms with Gasteiger partial charge in [-0.2, -0.15) is 0 Å². The molecule has 0 saturated heterocycles. The van der Waals surface area contributed by atoms with Crippen LogP contribution in [-0.4, -0.2) is 24.7 Å². The maximum absolute atomic E-state index is 13.9. The second kappa shape index (κ2) is 2.52. The minimum Gasteiger partial charge on any atom is -0.466 e. The smallest absolute Gasteiger partial charge is 0.350 e. The van der Waals surface area contributed by atoms with Gasteiger partial charge in [0.05, 0.1) is 7.11 Å². The molecule has 2 rings (SSSR count). The molecule has 5 heteroatoms. The highest BCUT2D eigenvalue weighted by atomic mass is 19.3. The molecule has 0 heterocycles.